The van der Waals surface area contributed by atoms with E-state index in [-0.39, 0.29) is 70.3 Å². The molecule has 1 saturated carbocycles. The highest BCUT2D eigenvalue weighted by Crippen LogP contribution is 2.34. The predicted octanol–water partition coefficient (Wildman–Crippen LogP) is 4.17. The molecule has 1 aliphatic carbocycles. The van der Waals surface area contributed by atoms with Crippen molar-refractivity contribution < 1.29 is 28.3 Å². The number of anilines is 2. The van der Waals surface area contributed by atoms with Crippen molar-refractivity contribution in [2.75, 3.05) is 37.9 Å². The van der Waals surface area contributed by atoms with E-state index in [1.165, 1.54) is 29.3 Å². The topological polar surface area (TPSA) is 147 Å². The van der Waals surface area contributed by atoms with Crippen LogP contribution in [-0.2, 0) is 9.53 Å². The number of hydrogen-bond acceptors (Lipinski definition) is 8. The fraction of sp³-hybridized carbons (Fsp3) is 0.407. The van der Waals surface area contributed by atoms with Crippen molar-refractivity contribution >= 4 is 58.0 Å². The van der Waals surface area contributed by atoms with Crippen LogP contribution >= 0.6 is 11.6 Å². The van der Waals surface area contributed by atoms with Crippen molar-refractivity contribution in [3.8, 4) is 0 Å². The summed E-state index contributed by atoms with van der Waals surface area (Å²) in [5, 5.41) is 5.86. The smallest absolute Gasteiger partial charge is 0.410 e. The quantitative estimate of drug-likeness (QED) is 0.431. The van der Waals surface area contributed by atoms with Crippen LogP contribution in [0, 0.1) is 5.92 Å². The molecule has 0 spiro atoms. The zero-order valence-corrected chi connectivity index (χ0v) is 22.9. The minimum Gasteiger partial charge on any atom is -0.448 e. The van der Waals surface area contributed by atoms with Crippen LogP contribution in [0.25, 0.3) is 11.1 Å². The number of carbonyl (C=O) groups excluding carboxylic acids is 4. The van der Waals surface area contributed by atoms with E-state index in [0.717, 1.165) is 25.7 Å². The third-order valence-electron chi connectivity index (χ3n) is 7.12. The molecule has 3 aromatic heterocycles. The van der Waals surface area contributed by atoms with Gasteiger partial charge in [0.15, 0.2) is 5.58 Å². The van der Waals surface area contributed by atoms with Crippen LogP contribution in [0.3, 0.4) is 0 Å². The lowest BCUT2D eigenvalue weighted by Crippen LogP contribution is -2.39. The number of halogens is 1. The van der Waals surface area contributed by atoms with Crippen LogP contribution in [-0.4, -0.2) is 76.9 Å². The van der Waals surface area contributed by atoms with Gasteiger partial charge < -0.3 is 29.6 Å². The molecule has 0 aromatic carbocycles. The maximum absolute atomic E-state index is 13.2. The number of ether oxygens (including phenoxy) is 1. The number of rotatable bonds is 7. The molecular weight excluding hydrogens is 540 g/mol. The van der Waals surface area contributed by atoms with Crippen LogP contribution in [0.2, 0.25) is 5.02 Å². The van der Waals surface area contributed by atoms with E-state index < -0.39 is 5.91 Å². The van der Waals surface area contributed by atoms with E-state index in [9.17, 15) is 19.2 Å². The van der Waals surface area contributed by atoms with Gasteiger partial charge in [-0.15, -0.1) is 0 Å². The zero-order chi connectivity index (χ0) is 28.4. The van der Waals surface area contributed by atoms with E-state index in [4.69, 9.17) is 20.8 Å². The van der Waals surface area contributed by atoms with Gasteiger partial charge in [0, 0.05) is 32.8 Å². The van der Waals surface area contributed by atoms with Gasteiger partial charge in [0.25, 0.3) is 11.8 Å². The highest BCUT2D eigenvalue weighted by atomic mass is 35.5. The molecule has 210 valence electrons. The first-order valence-corrected chi connectivity index (χ1v) is 13.4. The minimum atomic E-state index is -0.651. The summed E-state index contributed by atoms with van der Waals surface area (Å²) >= 11 is 5.89. The Balaban J connectivity index is 1.35. The molecule has 3 aromatic rings. The average molecular weight is 569 g/mol. The Hall–Kier alpha value is -4.19. The maximum Gasteiger partial charge on any atom is 0.410 e. The minimum absolute atomic E-state index is 0.0772. The molecule has 1 aliphatic heterocycles. The molecular formula is C27H29ClN6O6. The van der Waals surface area contributed by atoms with Gasteiger partial charge in [0.1, 0.15) is 29.3 Å². The summed E-state index contributed by atoms with van der Waals surface area (Å²) in [7, 11) is 3.21. The number of pyridine rings is 2. The summed E-state index contributed by atoms with van der Waals surface area (Å²) < 4.78 is 10.9. The third kappa shape index (κ3) is 5.86. The molecule has 40 heavy (non-hydrogen) atoms. The van der Waals surface area contributed by atoms with E-state index in [1.807, 2.05) is 0 Å². The monoisotopic (exact) mass is 568 g/mol. The molecule has 0 radical (unpaired) electrons. The number of nitrogens with zero attached hydrogens (tertiary/aromatic N) is 4. The molecule has 4 heterocycles. The van der Waals surface area contributed by atoms with Crippen molar-refractivity contribution in [1.29, 1.82) is 0 Å². The van der Waals surface area contributed by atoms with Crippen LogP contribution in [0.1, 0.15) is 53.1 Å². The van der Waals surface area contributed by atoms with Gasteiger partial charge in [-0.25, -0.2) is 14.8 Å². The van der Waals surface area contributed by atoms with Gasteiger partial charge in [-0.2, -0.15) is 0 Å². The van der Waals surface area contributed by atoms with Gasteiger partial charge in [0.2, 0.25) is 11.7 Å². The lowest BCUT2D eigenvalue weighted by molar-refractivity contribution is -0.117. The summed E-state index contributed by atoms with van der Waals surface area (Å²) in [5.41, 5.74) is 0.636. The normalized spacial score (nSPS) is 18.9. The zero-order valence-electron chi connectivity index (χ0n) is 22.1. The Morgan fingerprint density at radius 3 is 2.52 bits per heavy atom. The van der Waals surface area contributed by atoms with Crippen LogP contribution in [0.4, 0.5) is 16.3 Å². The van der Waals surface area contributed by atoms with E-state index in [1.54, 1.807) is 25.1 Å². The first-order valence-electron chi connectivity index (χ1n) is 13.0. The van der Waals surface area contributed by atoms with Gasteiger partial charge in [-0.05, 0) is 55.9 Å². The number of amides is 4. The van der Waals surface area contributed by atoms with Gasteiger partial charge in [0.05, 0.1) is 11.6 Å². The summed E-state index contributed by atoms with van der Waals surface area (Å²) in [6.07, 6.45) is 4.49. The number of aromatic nitrogens is 2. The van der Waals surface area contributed by atoms with Crippen molar-refractivity contribution in [1.82, 2.24) is 19.8 Å². The largest absolute Gasteiger partial charge is 0.448 e. The molecule has 0 atom stereocenters. The first kappa shape index (κ1) is 27.4. The van der Waals surface area contributed by atoms with Crippen molar-refractivity contribution in [2.24, 2.45) is 5.92 Å². The van der Waals surface area contributed by atoms with Crippen molar-refractivity contribution in [3.05, 3.63) is 46.9 Å². The Morgan fingerprint density at radius 1 is 1.10 bits per heavy atom. The molecule has 0 unspecified atom stereocenters. The lowest BCUT2D eigenvalue weighted by Gasteiger charge is -2.32. The average Bonchev–Trinajstić information content (AvgIpc) is 3.53. The highest BCUT2D eigenvalue weighted by Gasteiger charge is 2.33. The number of hydrogen-bond donors (Lipinski definition) is 2. The van der Waals surface area contributed by atoms with Crippen LogP contribution in [0.15, 0.2) is 34.9 Å². The first-order chi connectivity index (χ1) is 19.2. The second-order valence-corrected chi connectivity index (χ2v) is 10.5. The number of furan rings is 1. The molecule has 0 bridgehead atoms. The van der Waals surface area contributed by atoms with E-state index >= 15 is 0 Å². The molecule has 2 aliphatic rings. The SMILES string of the molecule is CN(C)C(=O)c1ccc2oc(C(=O)Nc3ccc(Cl)cn3)c(NC(=O)CC3CCC(N4CCOC4=O)CC3)c2n1. The highest BCUT2D eigenvalue weighted by molar-refractivity contribution is 6.30. The second-order valence-electron chi connectivity index (χ2n) is 10.1. The van der Waals surface area contributed by atoms with E-state index in [2.05, 4.69) is 20.6 Å². The fourth-order valence-electron chi connectivity index (χ4n) is 5.07. The van der Waals surface area contributed by atoms with Gasteiger partial charge >= 0.3 is 6.09 Å². The summed E-state index contributed by atoms with van der Waals surface area (Å²) in [6.45, 7) is 1.02. The number of cyclic esters (lactones) is 1. The summed E-state index contributed by atoms with van der Waals surface area (Å²) in [5.74, 6) is -1.11. The molecule has 4 amide bonds. The third-order valence-corrected chi connectivity index (χ3v) is 7.35. The Kier molecular flexibility index (Phi) is 7.88. The Labute approximate surface area is 235 Å². The number of fused-ring (bicyclic) bond motifs is 1. The molecule has 12 nitrogen and oxygen atoms in total. The molecule has 13 heteroatoms. The molecule has 2 fully saturated rings. The molecule has 5 rings (SSSR count). The second kappa shape index (κ2) is 11.5. The maximum atomic E-state index is 13.2. The Morgan fingerprint density at radius 2 is 1.88 bits per heavy atom. The van der Waals surface area contributed by atoms with Crippen LogP contribution < -0.4 is 10.6 Å². The fourth-order valence-corrected chi connectivity index (χ4v) is 5.19. The molecule has 1 saturated heterocycles. The number of nitrogens with one attached hydrogen (secondary N) is 2. The summed E-state index contributed by atoms with van der Waals surface area (Å²) in [4.78, 5) is 62.5. The number of carbonyl (C=O) groups is 4. The predicted molar refractivity (Wildman–Crippen MR) is 146 cm³/mol. The summed E-state index contributed by atoms with van der Waals surface area (Å²) in [6, 6.07) is 6.27. The molecule has 2 N–H and O–H groups in total. The van der Waals surface area contributed by atoms with Crippen LogP contribution in [0.5, 0.6) is 0 Å². The van der Waals surface area contributed by atoms with Crippen molar-refractivity contribution in [2.45, 2.75) is 38.1 Å². The Bertz CT molecular complexity index is 1450. The van der Waals surface area contributed by atoms with E-state index in [0.29, 0.717) is 18.2 Å². The van der Waals surface area contributed by atoms with Crippen molar-refractivity contribution in [3.63, 3.8) is 0 Å². The lowest BCUT2D eigenvalue weighted by atomic mass is 9.83. The standard InChI is InChI=1S/C27H29ClN6O6/c1-33(2)26(37)18-8-9-19-22(30-18)23(24(40-19)25(36)31-20-10-5-16(28)14-29-20)32-21(35)13-15-3-6-17(7-4-15)34-11-12-39-27(34)38/h5,8-10,14-15,17H,3-4,6-7,11-13H2,1-2H3,(H,32,35)(H,29,31,36). The van der Waals surface area contributed by atoms with Gasteiger partial charge in [-0.3, -0.25) is 14.4 Å². The van der Waals surface area contributed by atoms with Gasteiger partial charge in [-0.1, -0.05) is 11.6 Å².